The van der Waals surface area contributed by atoms with Gasteiger partial charge in [-0.2, -0.15) is 5.10 Å². The van der Waals surface area contributed by atoms with Crippen LogP contribution >= 0.6 is 27.5 Å². The summed E-state index contributed by atoms with van der Waals surface area (Å²) < 4.78 is 6.43. The smallest absolute Gasteiger partial charge is 0.292 e. The number of hydrogen-bond acceptors (Lipinski definition) is 4. The third kappa shape index (κ3) is 5.18. The van der Waals surface area contributed by atoms with Gasteiger partial charge in [0.15, 0.2) is 5.65 Å². The number of nitrogens with zero attached hydrogens (tertiary/aromatic N) is 3. The summed E-state index contributed by atoms with van der Waals surface area (Å²) in [6, 6.07) is 1.97. The summed E-state index contributed by atoms with van der Waals surface area (Å²) in [5, 5.41) is 4.84. The van der Waals surface area contributed by atoms with Crippen LogP contribution in [-0.2, 0) is 9.53 Å². The highest BCUT2D eigenvalue weighted by Crippen LogP contribution is 2.37. The molecule has 1 aliphatic rings. The van der Waals surface area contributed by atoms with E-state index >= 15 is 0 Å². The number of ether oxygens (including phenoxy) is 1. The van der Waals surface area contributed by atoms with Gasteiger partial charge in [0, 0.05) is 11.6 Å². The molecule has 2 unspecified atom stereocenters. The van der Waals surface area contributed by atoms with Gasteiger partial charge in [-0.3, -0.25) is 4.79 Å². The van der Waals surface area contributed by atoms with Gasteiger partial charge in [0.1, 0.15) is 5.15 Å². The number of aromatic nitrogens is 3. The molecule has 1 saturated carbocycles. The second kappa shape index (κ2) is 10.7. The van der Waals surface area contributed by atoms with Crippen LogP contribution in [0.3, 0.4) is 0 Å². The molecule has 3 rings (SSSR count). The van der Waals surface area contributed by atoms with E-state index in [1.807, 2.05) is 19.9 Å². The van der Waals surface area contributed by atoms with Crippen molar-refractivity contribution >= 4 is 39.7 Å². The lowest BCUT2D eigenvalue weighted by Gasteiger charge is -2.28. The Morgan fingerprint density at radius 3 is 2.58 bits per heavy atom. The van der Waals surface area contributed by atoms with Gasteiger partial charge in [-0.1, -0.05) is 51.6 Å². The molecular weight excluding hydrogens is 394 g/mol. The Labute approximate surface area is 156 Å². The van der Waals surface area contributed by atoms with E-state index in [4.69, 9.17) is 21.4 Å². The van der Waals surface area contributed by atoms with Crippen LogP contribution in [-0.4, -0.2) is 28.2 Å². The largest absolute Gasteiger partial charge is 0.471 e. The molecule has 24 heavy (non-hydrogen) atoms. The zero-order valence-electron chi connectivity index (χ0n) is 14.6. The van der Waals surface area contributed by atoms with Crippen LogP contribution in [0.2, 0.25) is 5.15 Å². The first-order valence-electron chi connectivity index (χ1n) is 8.24. The Hall–Kier alpha value is -1.14. The molecule has 0 bridgehead atoms. The monoisotopic (exact) mass is 417 g/mol. The fraction of sp³-hybridized carbons (Fsp3) is 0.588. The van der Waals surface area contributed by atoms with Crippen molar-refractivity contribution in [2.45, 2.75) is 52.4 Å². The highest BCUT2D eigenvalue weighted by atomic mass is 79.9. The molecule has 2 aromatic rings. The first-order valence-corrected chi connectivity index (χ1v) is 9.41. The van der Waals surface area contributed by atoms with Crippen molar-refractivity contribution in [3.05, 3.63) is 27.6 Å². The summed E-state index contributed by atoms with van der Waals surface area (Å²) in [5.74, 6) is 1.22. The normalized spacial score (nSPS) is 19.6. The van der Waals surface area contributed by atoms with E-state index in [0.29, 0.717) is 23.5 Å². The summed E-state index contributed by atoms with van der Waals surface area (Å²) >= 11 is 9.75. The van der Waals surface area contributed by atoms with Crippen LogP contribution in [0, 0.1) is 5.92 Å². The summed E-state index contributed by atoms with van der Waals surface area (Å²) in [6.45, 7) is 6.69. The molecule has 5 nitrogen and oxygen atoms in total. The van der Waals surface area contributed by atoms with Gasteiger partial charge in [-0.25, -0.2) is 9.50 Å². The number of hydrogen-bond donors (Lipinski definition) is 0. The third-order valence-corrected chi connectivity index (χ3v) is 4.82. The van der Waals surface area contributed by atoms with Gasteiger partial charge < -0.3 is 4.74 Å². The molecule has 134 valence electrons. The molecule has 0 spiro atoms. The summed E-state index contributed by atoms with van der Waals surface area (Å²) in [7, 11) is 1.31. The Balaban J connectivity index is 0.000000423. The van der Waals surface area contributed by atoms with Gasteiger partial charge in [0.05, 0.1) is 17.8 Å². The second-order valence-electron chi connectivity index (χ2n) is 5.43. The van der Waals surface area contributed by atoms with Crippen molar-refractivity contribution < 1.29 is 9.53 Å². The van der Waals surface area contributed by atoms with Gasteiger partial charge in [-0.15, -0.1) is 0 Å². The van der Waals surface area contributed by atoms with Crippen LogP contribution in [0.25, 0.3) is 5.65 Å². The Bertz CT molecular complexity index is 648. The molecule has 7 heteroatoms. The van der Waals surface area contributed by atoms with Crippen molar-refractivity contribution in [1.29, 1.82) is 0 Å². The van der Waals surface area contributed by atoms with Gasteiger partial charge in [-0.05, 0) is 34.3 Å². The van der Waals surface area contributed by atoms with E-state index < -0.39 is 0 Å². The predicted molar refractivity (Wildman–Crippen MR) is 100 cm³/mol. The highest BCUT2D eigenvalue weighted by molar-refractivity contribution is 9.10. The van der Waals surface area contributed by atoms with Gasteiger partial charge >= 0.3 is 0 Å². The standard InChI is InChI=1S/C13H15BrClN3.C2H4O2.C2H6/c1-8-4-2-3-5-9(8)11-6-12(15)18-13(17-11)10(14)7-16-18;1-4-2-3;1-2/h6-9H,2-5H2,1H3;2H,1H3;1-2H3. The van der Waals surface area contributed by atoms with E-state index in [1.165, 1.54) is 32.8 Å². The fourth-order valence-electron chi connectivity index (χ4n) is 2.86. The second-order valence-corrected chi connectivity index (χ2v) is 6.67. The SMILES string of the molecule is CC.CC1CCCCC1c1cc(Cl)n2ncc(Br)c2n1.COC=O. The van der Waals surface area contributed by atoms with Crippen LogP contribution < -0.4 is 0 Å². The van der Waals surface area contributed by atoms with Crippen molar-refractivity contribution in [2.75, 3.05) is 7.11 Å². The number of halogens is 2. The zero-order chi connectivity index (χ0) is 18.1. The minimum absolute atomic E-state index is 0.375. The molecule has 2 aromatic heterocycles. The molecule has 1 fully saturated rings. The molecule has 0 aromatic carbocycles. The van der Waals surface area contributed by atoms with Gasteiger partial charge in [0.2, 0.25) is 0 Å². The average Bonchev–Trinajstić information content (AvgIpc) is 2.99. The minimum Gasteiger partial charge on any atom is -0.471 e. The zero-order valence-corrected chi connectivity index (χ0v) is 17.0. The van der Waals surface area contributed by atoms with E-state index in [2.05, 4.69) is 32.7 Å². The third-order valence-electron chi connectivity index (χ3n) is 3.99. The van der Waals surface area contributed by atoms with Gasteiger partial charge in [0.25, 0.3) is 6.47 Å². The molecular formula is C17H25BrClN3O2. The predicted octanol–water partition coefficient (Wildman–Crippen LogP) is 5.25. The maximum absolute atomic E-state index is 8.95. The quantitative estimate of drug-likeness (QED) is 0.493. The maximum Gasteiger partial charge on any atom is 0.292 e. The Morgan fingerprint density at radius 2 is 2.00 bits per heavy atom. The van der Waals surface area contributed by atoms with E-state index in [0.717, 1.165) is 15.8 Å². The lowest BCUT2D eigenvalue weighted by molar-refractivity contribution is -0.126. The minimum atomic E-state index is 0.375. The van der Waals surface area contributed by atoms with Crippen molar-refractivity contribution in [3.8, 4) is 0 Å². The van der Waals surface area contributed by atoms with E-state index in [9.17, 15) is 0 Å². The topological polar surface area (TPSA) is 56.5 Å². The van der Waals surface area contributed by atoms with E-state index in [1.54, 1.807) is 10.7 Å². The molecule has 0 saturated heterocycles. The molecule has 0 amide bonds. The van der Waals surface area contributed by atoms with Crippen molar-refractivity contribution in [2.24, 2.45) is 5.92 Å². The van der Waals surface area contributed by atoms with Crippen LogP contribution in [0.5, 0.6) is 0 Å². The molecule has 2 heterocycles. The first kappa shape index (κ1) is 20.9. The molecule has 0 radical (unpaired) electrons. The molecule has 0 aliphatic heterocycles. The number of rotatable bonds is 2. The van der Waals surface area contributed by atoms with Crippen molar-refractivity contribution in [1.82, 2.24) is 14.6 Å². The molecule has 2 atom stereocenters. The first-order chi connectivity index (χ1) is 11.6. The fourth-order valence-corrected chi connectivity index (χ4v) is 3.45. The van der Waals surface area contributed by atoms with Crippen LogP contribution in [0.4, 0.5) is 0 Å². The maximum atomic E-state index is 8.95. The number of methoxy groups -OCH3 is 1. The van der Waals surface area contributed by atoms with E-state index in [-0.39, 0.29) is 0 Å². The highest BCUT2D eigenvalue weighted by Gasteiger charge is 2.25. The molecule has 0 N–H and O–H groups in total. The molecule has 1 aliphatic carbocycles. The van der Waals surface area contributed by atoms with Crippen molar-refractivity contribution in [3.63, 3.8) is 0 Å². The summed E-state index contributed by atoms with van der Waals surface area (Å²) in [4.78, 5) is 13.7. The Kier molecular flexibility index (Phi) is 9.29. The van der Waals surface area contributed by atoms with Crippen LogP contribution in [0.15, 0.2) is 16.7 Å². The lowest BCUT2D eigenvalue weighted by atomic mass is 9.78. The number of carbonyl (C=O) groups excluding carboxylic acids is 1. The summed E-state index contributed by atoms with van der Waals surface area (Å²) in [6.07, 6.45) is 6.87. The summed E-state index contributed by atoms with van der Waals surface area (Å²) in [5.41, 5.74) is 1.93. The van der Waals surface area contributed by atoms with Crippen LogP contribution in [0.1, 0.15) is 58.1 Å². The number of fused-ring (bicyclic) bond motifs is 1. The average molecular weight is 419 g/mol. The lowest BCUT2D eigenvalue weighted by Crippen LogP contribution is -2.16. The number of carbonyl (C=O) groups is 1. The Morgan fingerprint density at radius 1 is 1.38 bits per heavy atom.